The lowest BCUT2D eigenvalue weighted by atomic mass is 9.51. The van der Waals surface area contributed by atoms with Crippen molar-refractivity contribution in [2.45, 2.75) is 111 Å². The highest BCUT2D eigenvalue weighted by Crippen LogP contribution is 2.68. The minimum atomic E-state index is -1.65. The lowest BCUT2D eigenvalue weighted by Crippen LogP contribution is -2.72. The van der Waals surface area contributed by atoms with E-state index in [0.29, 0.717) is 30.6 Å². The van der Waals surface area contributed by atoms with E-state index in [0.717, 1.165) is 50.2 Å². The molecule has 57 heavy (non-hydrogen) atoms. The van der Waals surface area contributed by atoms with Gasteiger partial charge >= 0.3 is 5.97 Å². The first-order valence-electron chi connectivity index (χ1n) is 20.6. The number of aromatic hydroxyl groups is 2. The van der Waals surface area contributed by atoms with Gasteiger partial charge in [0.25, 0.3) is 0 Å². The number of benzene rings is 1. The van der Waals surface area contributed by atoms with E-state index in [4.69, 9.17) is 14.2 Å². The van der Waals surface area contributed by atoms with Crippen molar-refractivity contribution in [2.24, 2.45) is 11.8 Å². The number of esters is 1. The van der Waals surface area contributed by atoms with E-state index in [-0.39, 0.29) is 72.2 Å². The summed E-state index contributed by atoms with van der Waals surface area (Å²) in [7, 11) is 0. The standard InChI is InChI=1S/C46H62N2O9/c1-28(2)10-9-11-30(5)13-15-33-38(50)34(14-12-29(3)4)41-37(39(33)51)40(52)35-26-32-27-36-44(7,8)57-45(42(32)53,46(35,36)56-41)17-16-31(6)43(54)55-25-23-48-20-18-47(19-21-48)22-24-49/h10,12-13,16,26,32,36,49-51H,9,11,14-15,17-25,27H2,1-8H3/b30-13+,31-16+. The first-order valence-corrected chi connectivity index (χ1v) is 20.6. The smallest absolute Gasteiger partial charge is 0.333 e. The molecule has 1 spiro atoms. The van der Waals surface area contributed by atoms with Gasteiger partial charge in [-0.05, 0) is 87.5 Å². The Balaban J connectivity index is 1.33. The number of ketones is 2. The Hall–Kier alpha value is -4.03. The van der Waals surface area contributed by atoms with Crippen LogP contribution in [-0.2, 0) is 31.9 Å². The first kappa shape index (κ1) is 42.6. The SMILES string of the molecule is CC(C)=CCC/C(C)=C/Cc1c(O)c(CC=C(C)C)c2c(c1O)C(=O)C1=CC3CC4C(C)(C)OC(C/C=C(\C)C(=O)OCCN5CCN(CCO)CC5)(C3=O)C14O2. The molecule has 310 valence electrons. The van der Waals surface area contributed by atoms with Crippen LogP contribution >= 0.6 is 0 Å². The van der Waals surface area contributed by atoms with Crippen LogP contribution in [0, 0.1) is 11.8 Å². The summed E-state index contributed by atoms with van der Waals surface area (Å²) in [6, 6.07) is 0. The zero-order chi connectivity index (χ0) is 41.4. The molecule has 3 N–H and O–H groups in total. The van der Waals surface area contributed by atoms with Crippen molar-refractivity contribution in [3.8, 4) is 17.2 Å². The Kier molecular flexibility index (Phi) is 12.5. The number of rotatable bonds is 15. The third-order valence-electron chi connectivity index (χ3n) is 12.7. The normalized spacial score (nSPS) is 26.7. The minimum Gasteiger partial charge on any atom is -0.507 e. The number of Topliss-reactive ketones (excluding diaryl/α,β-unsaturated/α-hetero) is 2. The van der Waals surface area contributed by atoms with Gasteiger partial charge in [0.05, 0.1) is 12.2 Å². The van der Waals surface area contributed by atoms with E-state index in [2.05, 4.69) is 29.7 Å². The number of hydrogen-bond acceptors (Lipinski definition) is 11. The molecule has 6 aliphatic rings. The fourth-order valence-electron chi connectivity index (χ4n) is 9.56. The molecule has 4 bridgehead atoms. The van der Waals surface area contributed by atoms with Crippen LogP contribution in [0.15, 0.2) is 58.2 Å². The summed E-state index contributed by atoms with van der Waals surface area (Å²) < 4.78 is 19.6. The fourth-order valence-corrected chi connectivity index (χ4v) is 9.56. The van der Waals surface area contributed by atoms with Crippen LogP contribution in [-0.4, -0.2) is 112 Å². The molecule has 3 aliphatic carbocycles. The molecule has 2 saturated heterocycles. The van der Waals surface area contributed by atoms with Crippen LogP contribution in [0.1, 0.15) is 103 Å². The number of carbonyl (C=O) groups excluding carboxylic acids is 3. The lowest BCUT2D eigenvalue weighted by Gasteiger charge is -2.56. The van der Waals surface area contributed by atoms with Gasteiger partial charge in [0.15, 0.2) is 22.8 Å². The van der Waals surface area contributed by atoms with Gasteiger partial charge in [-0.3, -0.25) is 19.4 Å². The largest absolute Gasteiger partial charge is 0.507 e. The predicted octanol–water partition coefficient (Wildman–Crippen LogP) is 6.34. The Labute approximate surface area is 337 Å². The second-order valence-corrected chi connectivity index (χ2v) is 17.6. The van der Waals surface area contributed by atoms with Crippen molar-refractivity contribution in [3.63, 3.8) is 0 Å². The zero-order valence-corrected chi connectivity index (χ0v) is 35.1. The summed E-state index contributed by atoms with van der Waals surface area (Å²) in [6.45, 7) is 20.4. The highest BCUT2D eigenvalue weighted by molar-refractivity contribution is 6.18. The highest BCUT2D eigenvalue weighted by atomic mass is 16.6. The number of aliphatic hydroxyl groups is 1. The molecule has 1 aromatic carbocycles. The summed E-state index contributed by atoms with van der Waals surface area (Å²) in [4.78, 5) is 47.3. The topological polar surface area (TPSA) is 146 Å². The van der Waals surface area contributed by atoms with Gasteiger partial charge in [-0.1, -0.05) is 47.1 Å². The molecule has 7 rings (SSSR count). The summed E-state index contributed by atoms with van der Waals surface area (Å²) in [5.41, 5.74) is 0.432. The Morgan fingerprint density at radius 1 is 0.895 bits per heavy atom. The van der Waals surface area contributed by atoms with E-state index in [1.54, 1.807) is 19.1 Å². The van der Waals surface area contributed by atoms with Gasteiger partial charge in [-0.25, -0.2) is 4.79 Å². The molecular formula is C46H62N2O9. The number of piperazine rings is 1. The third-order valence-corrected chi connectivity index (χ3v) is 12.7. The number of phenols is 2. The molecule has 3 aliphatic heterocycles. The molecule has 0 amide bonds. The summed E-state index contributed by atoms with van der Waals surface area (Å²) >= 11 is 0. The van der Waals surface area contributed by atoms with Gasteiger partial charge in [-0.2, -0.15) is 0 Å². The van der Waals surface area contributed by atoms with Gasteiger partial charge in [0, 0.05) is 79.8 Å². The molecule has 0 aromatic heterocycles. The second-order valence-electron chi connectivity index (χ2n) is 17.6. The monoisotopic (exact) mass is 786 g/mol. The molecule has 11 nitrogen and oxygen atoms in total. The Morgan fingerprint density at radius 2 is 1.54 bits per heavy atom. The van der Waals surface area contributed by atoms with Gasteiger partial charge in [0.2, 0.25) is 0 Å². The minimum absolute atomic E-state index is 0.00936. The first-order chi connectivity index (χ1) is 27.0. The van der Waals surface area contributed by atoms with Crippen molar-refractivity contribution in [1.29, 1.82) is 0 Å². The van der Waals surface area contributed by atoms with Gasteiger partial charge in [-0.15, -0.1) is 0 Å². The van der Waals surface area contributed by atoms with Crippen LogP contribution in [0.3, 0.4) is 0 Å². The average molecular weight is 787 g/mol. The van der Waals surface area contributed by atoms with Crippen molar-refractivity contribution in [1.82, 2.24) is 9.80 Å². The maximum atomic E-state index is 15.0. The quantitative estimate of drug-likeness (QED) is 0.104. The number of carbonyl (C=O) groups is 3. The van der Waals surface area contributed by atoms with Crippen LogP contribution in [0.25, 0.3) is 0 Å². The number of aliphatic hydroxyl groups excluding tert-OH is 1. The number of β-amino-alcohol motifs (C(OH)–C–C–N with tert-alkyl or cyclic N) is 1. The van der Waals surface area contributed by atoms with Crippen molar-refractivity contribution in [3.05, 3.63) is 74.9 Å². The number of hydrogen-bond donors (Lipinski definition) is 3. The maximum absolute atomic E-state index is 15.0. The van der Waals surface area contributed by atoms with E-state index in [1.807, 2.05) is 46.8 Å². The Morgan fingerprint density at radius 3 is 2.19 bits per heavy atom. The predicted molar refractivity (Wildman–Crippen MR) is 219 cm³/mol. The summed E-state index contributed by atoms with van der Waals surface area (Å²) in [5, 5.41) is 33.0. The molecule has 0 radical (unpaired) electrons. The molecule has 4 atom stereocenters. The molecule has 3 fully saturated rings. The fraction of sp³-hybridized carbons (Fsp3) is 0.587. The van der Waals surface area contributed by atoms with E-state index < -0.39 is 40.4 Å². The zero-order valence-electron chi connectivity index (χ0n) is 35.1. The lowest BCUT2D eigenvalue weighted by molar-refractivity contribution is -0.171. The molecule has 3 heterocycles. The number of phenolic OH excluding ortho intramolecular Hbond substituents is 2. The molecule has 4 unspecified atom stereocenters. The summed E-state index contributed by atoms with van der Waals surface area (Å²) in [5.74, 6) is -2.59. The van der Waals surface area contributed by atoms with E-state index >= 15 is 0 Å². The van der Waals surface area contributed by atoms with Gasteiger partial charge in [0.1, 0.15) is 29.4 Å². The molecule has 1 saturated carbocycles. The molecular weight excluding hydrogens is 725 g/mol. The second kappa shape index (κ2) is 16.7. The molecule has 11 heteroatoms. The van der Waals surface area contributed by atoms with Crippen LogP contribution < -0.4 is 4.74 Å². The van der Waals surface area contributed by atoms with Gasteiger partial charge < -0.3 is 29.5 Å². The van der Waals surface area contributed by atoms with Crippen LogP contribution in [0.2, 0.25) is 0 Å². The average Bonchev–Trinajstić information content (AvgIpc) is 3.31. The highest BCUT2D eigenvalue weighted by Gasteiger charge is 2.81. The maximum Gasteiger partial charge on any atom is 0.333 e. The number of fused-ring (bicyclic) bond motifs is 1. The number of nitrogens with zero attached hydrogens (tertiary/aromatic N) is 2. The third kappa shape index (κ3) is 7.80. The number of ether oxygens (including phenoxy) is 3. The Bertz CT molecular complexity index is 1940. The van der Waals surface area contributed by atoms with E-state index in [1.165, 1.54) is 5.57 Å². The summed E-state index contributed by atoms with van der Waals surface area (Å²) in [6.07, 6.45) is 12.0. The van der Waals surface area contributed by atoms with E-state index in [9.17, 15) is 29.7 Å². The van der Waals surface area contributed by atoms with Crippen LogP contribution in [0.5, 0.6) is 17.2 Å². The van der Waals surface area contributed by atoms with Crippen molar-refractivity contribution in [2.75, 3.05) is 52.5 Å². The number of allylic oxidation sites excluding steroid dienone is 7. The molecule has 1 aromatic rings. The van der Waals surface area contributed by atoms with Crippen LogP contribution in [0.4, 0.5) is 0 Å². The van der Waals surface area contributed by atoms with Crippen molar-refractivity contribution >= 4 is 17.5 Å². The van der Waals surface area contributed by atoms with Crippen molar-refractivity contribution < 1.29 is 43.9 Å².